The Labute approximate surface area is 288 Å². The molecular formula is C45H25N5. The molecule has 50 heavy (non-hydrogen) atoms. The molecule has 0 fully saturated rings. The summed E-state index contributed by atoms with van der Waals surface area (Å²) in [7, 11) is 0. The lowest BCUT2D eigenvalue weighted by Gasteiger charge is -2.16. The summed E-state index contributed by atoms with van der Waals surface area (Å²) in [6.07, 6.45) is 0. The second-order valence-corrected chi connectivity index (χ2v) is 12.3. The normalized spacial score (nSPS) is 11.1. The van der Waals surface area contributed by atoms with Gasteiger partial charge in [-0.2, -0.15) is 10.5 Å². The van der Waals surface area contributed by atoms with Crippen LogP contribution in [-0.2, 0) is 0 Å². The van der Waals surface area contributed by atoms with Gasteiger partial charge in [-0.3, -0.25) is 0 Å². The van der Waals surface area contributed by atoms with Crippen LogP contribution in [0, 0.1) is 29.2 Å². The lowest BCUT2D eigenvalue weighted by atomic mass is 9.96. The molecule has 2 aromatic heterocycles. The molecule has 9 aromatic rings. The van der Waals surface area contributed by atoms with Crippen LogP contribution in [0.4, 0.5) is 5.69 Å². The van der Waals surface area contributed by atoms with Gasteiger partial charge in [-0.15, -0.1) is 0 Å². The molecule has 0 radical (unpaired) electrons. The summed E-state index contributed by atoms with van der Waals surface area (Å²) in [6, 6.07) is 55.7. The Morgan fingerprint density at radius 1 is 0.480 bits per heavy atom. The Bertz CT molecular complexity index is 2920. The van der Waals surface area contributed by atoms with Crippen LogP contribution in [0.3, 0.4) is 0 Å². The van der Waals surface area contributed by atoms with E-state index in [9.17, 15) is 10.5 Å². The standard InChI is InChI=1S/C45H25N5/c1-48-40-16-8-15-37-39-24-30(28-47)20-22-44(39)49(45(37)40)34-12-7-10-32(26-34)31-9-6-11-33(25-31)38-23-29(27-46)19-21-43(38)50-41-17-4-2-13-35(41)36-14-3-5-18-42(36)50/h2-26H. The minimum Gasteiger partial charge on any atom is -0.319 e. The summed E-state index contributed by atoms with van der Waals surface area (Å²) in [6.45, 7) is 7.94. The van der Waals surface area contributed by atoms with Crippen molar-refractivity contribution in [3.05, 3.63) is 174 Å². The number of fused-ring (bicyclic) bond motifs is 6. The Morgan fingerprint density at radius 2 is 1.08 bits per heavy atom. The second kappa shape index (κ2) is 11.4. The fourth-order valence-electron chi connectivity index (χ4n) is 7.38. The highest BCUT2D eigenvalue weighted by Gasteiger charge is 2.18. The molecule has 0 atom stereocenters. The average Bonchev–Trinajstić information content (AvgIpc) is 3.70. The van der Waals surface area contributed by atoms with E-state index in [1.807, 2.05) is 54.6 Å². The zero-order valence-corrected chi connectivity index (χ0v) is 26.7. The summed E-state index contributed by atoms with van der Waals surface area (Å²) in [5.74, 6) is 0. The van der Waals surface area contributed by atoms with E-state index in [1.54, 1.807) is 0 Å². The fourth-order valence-corrected chi connectivity index (χ4v) is 7.38. The average molecular weight is 636 g/mol. The SMILES string of the molecule is [C-]#[N+]c1cccc2c3cc(C#N)ccc3n(-c3cccc(-c4cccc(-c5cc(C#N)ccc5-n5c6ccccc6c6ccccc65)c4)c3)c12. The van der Waals surface area contributed by atoms with Crippen LogP contribution in [0.5, 0.6) is 0 Å². The van der Waals surface area contributed by atoms with Crippen molar-refractivity contribution in [2.24, 2.45) is 0 Å². The molecule has 9 rings (SSSR count). The number of hydrogen-bond acceptors (Lipinski definition) is 2. The first-order valence-corrected chi connectivity index (χ1v) is 16.3. The first-order valence-electron chi connectivity index (χ1n) is 16.3. The van der Waals surface area contributed by atoms with E-state index in [2.05, 4.69) is 123 Å². The van der Waals surface area contributed by atoms with Crippen molar-refractivity contribution < 1.29 is 0 Å². The summed E-state index contributed by atoms with van der Waals surface area (Å²) in [5.41, 5.74) is 11.6. The van der Waals surface area contributed by atoms with Gasteiger partial charge in [-0.05, 0) is 88.8 Å². The van der Waals surface area contributed by atoms with E-state index in [0.717, 1.165) is 66.5 Å². The number of benzene rings is 7. The van der Waals surface area contributed by atoms with Crippen molar-refractivity contribution in [2.75, 3.05) is 0 Å². The first-order chi connectivity index (χ1) is 24.7. The molecule has 7 aromatic carbocycles. The van der Waals surface area contributed by atoms with Gasteiger partial charge in [0.25, 0.3) is 0 Å². The fraction of sp³-hybridized carbons (Fsp3) is 0. The maximum atomic E-state index is 9.95. The van der Waals surface area contributed by atoms with Crippen LogP contribution >= 0.6 is 0 Å². The van der Waals surface area contributed by atoms with Crippen LogP contribution in [0.1, 0.15) is 11.1 Å². The van der Waals surface area contributed by atoms with E-state index in [1.165, 1.54) is 10.8 Å². The molecule has 5 heteroatoms. The van der Waals surface area contributed by atoms with Crippen molar-refractivity contribution in [3.8, 4) is 45.8 Å². The van der Waals surface area contributed by atoms with Gasteiger partial charge >= 0.3 is 0 Å². The molecule has 230 valence electrons. The van der Waals surface area contributed by atoms with Crippen LogP contribution in [0.25, 0.3) is 82.1 Å². The molecule has 0 unspecified atom stereocenters. The molecule has 0 aliphatic heterocycles. The molecule has 0 amide bonds. The van der Waals surface area contributed by atoms with Gasteiger partial charge < -0.3 is 9.13 Å². The molecule has 0 N–H and O–H groups in total. The Kier molecular flexibility index (Phi) is 6.56. The predicted octanol–water partition coefficient (Wildman–Crippen LogP) is 11.5. The zero-order valence-electron chi connectivity index (χ0n) is 26.7. The minimum absolute atomic E-state index is 0.555. The number of nitriles is 2. The largest absolute Gasteiger partial charge is 0.319 e. The minimum atomic E-state index is 0.555. The van der Waals surface area contributed by atoms with Gasteiger partial charge in [-0.1, -0.05) is 84.9 Å². The second-order valence-electron chi connectivity index (χ2n) is 12.3. The van der Waals surface area contributed by atoms with E-state index < -0.39 is 0 Å². The lowest BCUT2D eigenvalue weighted by molar-refractivity contribution is 1.18. The van der Waals surface area contributed by atoms with Gasteiger partial charge in [0.05, 0.1) is 57.6 Å². The van der Waals surface area contributed by atoms with Crippen molar-refractivity contribution >= 4 is 49.3 Å². The smallest absolute Gasteiger partial charge is 0.211 e. The Morgan fingerprint density at radius 3 is 1.82 bits per heavy atom. The van der Waals surface area contributed by atoms with E-state index in [0.29, 0.717) is 16.8 Å². The number of para-hydroxylation sites is 3. The van der Waals surface area contributed by atoms with E-state index in [-0.39, 0.29) is 0 Å². The Balaban J connectivity index is 1.23. The summed E-state index contributed by atoms with van der Waals surface area (Å²) in [4.78, 5) is 3.87. The monoisotopic (exact) mass is 635 g/mol. The number of rotatable bonds is 4. The molecule has 0 aliphatic carbocycles. The third-order valence-electron chi connectivity index (χ3n) is 9.57. The number of hydrogen-bond donors (Lipinski definition) is 0. The van der Waals surface area contributed by atoms with Crippen LogP contribution in [0.15, 0.2) is 152 Å². The number of nitrogens with zero attached hydrogens (tertiary/aromatic N) is 5. The number of aromatic nitrogens is 2. The highest BCUT2D eigenvalue weighted by molar-refractivity contribution is 6.14. The van der Waals surface area contributed by atoms with Crippen molar-refractivity contribution in [1.82, 2.24) is 9.13 Å². The molecule has 0 saturated carbocycles. The third kappa shape index (κ3) is 4.38. The van der Waals surface area contributed by atoms with Crippen molar-refractivity contribution in [2.45, 2.75) is 0 Å². The molecule has 0 aliphatic rings. The lowest BCUT2D eigenvalue weighted by Crippen LogP contribution is -1.98. The van der Waals surface area contributed by atoms with Gasteiger partial charge in [0.2, 0.25) is 5.69 Å². The van der Waals surface area contributed by atoms with Gasteiger partial charge in [0, 0.05) is 27.4 Å². The van der Waals surface area contributed by atoms with Crippen LogP contribution < -0.4 is 0 Å². The predicted molar refractivity (Wildman–Crippen MR) is 202 cm³/mol. The highest BCUT2D eigenvalue weighted by atomic mass is 15.0. The third-order valence-corrected chi connectivity index (χ3v) is 9.57. The highest BCUT2D eigenvalue weighted by Crippen LogP contribution is 2.40. The summed E-state index contributed by atoms with van der Waals surface area (Å²) < 4.78 is 4.42. The van der Waals surface area contributed by atoms with Crippen LogP contribution in [-0.4, -0.2) is 9.13 Å². The Hall–Kier alpha value is -7.39. The summed E-state index contributed by atoms with van der Waals surface area (Å²) in [5, 5.41) is 23.8. The van der Waals surface area contributed by atoms with Crippen LogP contribution in [0.2, 0.25) is 0 Å². The molecule has 0 bridgehead atoms. The summed E-state index contributed by atoms with van der Waals surface area (Å²) >= 11 is 0. The van der Waals surface area contributed by atoms with Crippen molar-refractivity contribution in [1.29, 1.82) is 10.5 Å². The molecular weight excluding hydrogens is 611 g/mol. The molecule has 5 nitrogen and oxygen atoms in total. The first kappa shape index (κ1) is 28.8. The van der Waals surface area contributed by atoms with Gasteiger partial charge in [0.15, 0.2) is 0 Å². The van der Waals surface area contributed by atoms with E-state index >= 15 is 0 Å². The zero-order chi connectivity index (χ0) is 33.8. The quantitative estimate of drug-likeness (QED) is 0.181. The van der Waals surface area contributed by atoms with Gasteiger partial charge in [0.1, 0.15) is 0 Å². The molecule has 2 heterocycles. The topological polar surface area (TPSA) is 61.8 Å². The van der Waals surface area contributed by atoms with Gasteiger partial charge in [-0.25, -0.2) is 4.85 Å². The van der Waals surface area contributed by atoms with Crippen molar-refractivity contribution in [3.63, 3.8) is 0 Å². The molecule has 0 spiro atoms. The van der Waals surface area contributed by atoms with E-state index in [4.69, 9.17) is 6.57 Å². The maximum absolute atomic E-state index is 9.95. The maximum Gasteiger partial charge on any atom is 0.211 e. The molecule has 0 saturated heterocycles.